The first-order valence-electron chi connectivity index (χ1n) is 18.9. The number of nitrogens with zero attached hydrogens (tertiary/aromatic N) is 1. The van der Waals surface area contributed by atoms with E-state index in [-0.39, 0.29) is 0 Å². The van der Waals surface area contributed by atoms with E-state index < -0.39 is 0 Å². The molecule has 3 aromatic heterocycles. The van der Waals surface area contributed by atoms with Crippen molar-refractivity contribution in [2.75, 3.05) is 4.90 Å². The fraction of sp³-hybridized carbons (Fsp3) is 0. The van der Waals surface area contributed by atoms with E-state index in [1.54, 1.807) is 0 Å². The molecule has 12 aromatic rings. The van der Waals surface area contributed by atoms with Gasteiger partial charge in [-0.15, -0.1) is 34.0 Å². The molecule has 56 heavy (non-hydrogen) atoms. The van der Waals surface area contributed by atoms with E-state index in [0.29, 0.717) is 0 Å². The lowest BCUT2D eigenvalue weighted by Gasteiger charge is -2.27. The van der Waals surface area contributed by atoms with E-state index in [0.717, 1.165) is 11.4 Å². The van der Waals surface area contributed by atoms with Crippen LogP contribution in [0.3, 0.4) is 0 Å². The van der Waals surface area contributed by atoms with Gasteiger partial charge in [0.1, 0.15) is 0 Å². The molecule has 0 N–H and O–H groups in total. The van der Waals surface area contributed by atoms with Crippen molar-refractivity contribution in [1.82, 2.24) is 0 Å². The van der Waals surface area contributed by atoms with Crippen LogP contribution < -0.4 is 4.90 Å². The van der Waals surface area contributed by atoms with Crippen molar-refractivity contribution < 1.29 is 0 Å². The van der Waals surface area contributed by atoms with Crippen molar-refractivity contribution in [1.29, 1.82) is 0 Å². The zero-order chi connectivity index (χ0) is 36.7. The summed E-state index contributed by atoms with van der Waals surface area (Å²) in [7, 11) is 0. The van der Waals surface area contributed by atoms with Crippen molar-refractivity contribution in [2.24, 2.45) is 0 Å². The number of anilines is 3. The Hall–Kier alpha value is -6.30. The molecule has 4 heteroatoms. The molecule has 0 saturated carbocycles. The summed E-state index contributed by atoms with van der Waals surface area (Å²) in [6.07, 6.45) is 0. The molecule has 1 nitrogen and oxygen atoms in total. The molecule has 0 aliphatic carbocycles. The largest absolute Gasteiger partial charge is 0.309 e. The van der Waals surface area contributed by atoms with Crippen molar-refractivity contribution >= 4 is 122 Å². The highest BCUT2D eigenvalue weighted by Gasteiger charge is 2.21. The molecule has 0 amide bonds. The number of thiophene rings is 3. The van der Waals surface area contributed by atoms with Gasteiger partial charge in [0.25, 0.3) is 0 Å². The smallest absolute Gasteiger partial charge is 0.0640 e. The maximum atomic E-state index is 2.46. The molecule has 0 fully saturated rings. The van der Waals surface area contributed by atoms with Crippen molar-refractivity contribution in [3.63, 3.8) is 0 Å². The number of rotatable bonds is 5. The first kappa shape index (κ1) is 32.0. The summed E-state index contributed by atoms with van der Waals surface area (Å²) in [5, 5.41) is 10.5. The van der Waals surface area contributed by atoms with Crippen molar-refractivity contribution in [2.45, 2.75) is 0 Å². The standard InChI is InChI=1S/C52H31NS3/c1-2-15-37-32(11-1)12-8-18-38(37)33-25-27-35(28-26-33)53(44-21-9-20-42-40-16-3-5-22-45(40)55-51(42)44)36-14-7-13-34(31-36)39-19-10-24-47-49(39)50-48(54-47)30-29-43-41-17-4-6-23-46(41)56-52(43)50/h1-31H. The van der Waals surface area contributed by atoms with Gasteiger partial charge in [0, 0.05) is 67.2 Å². The van der Waals surface area contributed by atoms with Crippen molar-refractivity contribution in [3.8, 4) is 22.3 Å². The van der Waals surface area contributed by atoms with Gasteiger partial charge in [0.05, 0.1) is 10.4 Å². The molecule has 0 unspecified atom stereocenters. The van der Waals surface area contributed by atoms with Gasteiger partial charge in [-0.3, -0.25) is 0 Å². The third-order valence-corrected chi connectivity index (χ3v) is 14.8. The van der Waals surface area contributed by atoms with Crippen LogP contribution in [0.15, 0.2) is 188 Å². The van der Waals surface area contributed by atoms with E-state index in [1.807, 2.05) is 34.0 Å². The summed E-state index contributed by atoms with van der Waals surface area (Å²) in [6.45, 7) is 0. The molecule has 3 heterocycles. The van der Waals surface area contributed by atoms with E-state index >= 15 is 0 Å². The van der Waals surface area contributed by atoms with Gasteiger partial charge in [0.15, 0.2) is 0 Å². The Morgan fingerprint density at radius 3 is 1.77 bits per heavy atom. The maximum absolute atomic E-state index is 2.46. The van der Waals surface area contributed by atoms with Gasteiger partial charge in [-0.1, -0.05) is 133 Å². The Bertz CT molecular complexity index is 3490. The Morgan fingerprint density at radius 2 is 0.929 bits per heavy atom. The summed E-state index contributed by atoms with van der Waals surface area (Å²) in [5.41, 5.74) is 8.39. The van der Waals surface area contributed by atoms with Crippen LogP contribution in [-0.2, 0) is 0 Å². The second-order valence-corrected chi connectivity index (χ2v) is 17.6. The predicted octanol–water partition coefficient (Wildman–Crippen LogP) is 16.7. The Balaban J connectivity index is 1.07. The van der Waals surface area contributed by atoms with Gasteiger partial charge >= 0.3 is 0 Å². The fourth-order valence-electron chi connectivity index (χ4n) is 8.74. The van der Waals surface area contributed by atoms with Crippen LogP contribution in [0.25, 0.3) is 93.5 Å². The number of hydrogen-bond acceptors (Lipinski definition) is 4. The molecule has 0 bridgehead atoms. The van der Waals surface area contributed by atoms with Crippen LogP contribution >= 0.6 is 34.0 Å². The average molecular weight is 766 g/mol. The molecule has 0 atom stereocenters. The average Bonchev–Trinajstić information content (AvgIpc) is 3.96. The van der Waals surface area contributed by atoms with Gasteiger partial charge in [-0.2, -0.15) is 0 Å². The molecule has 0 aliphatic heterocycles. The molecule has 262 valence electrons. The van der Waals surface area contributed by atoms with Crippen LogP contribution in [0.1, 0.15) is 0 Å². The summed E-state index contributed by atoms with van der Waals surface area (Å²) in [4.78, 5) is 2.46. The Morgan fingerprint density at radius 1 is 0.321 bits per heavy atom. The second kappa shape index (κ2) is 12.6. The van der Waals surface area contributed by atoms with Crippen molar-refractivity contribution in [3.05, 3.63) is 188 Å². The first-order valence-corrected chi connectivity index (χ1v) is 21.4. The molecular formula is C52H31NS3. The molecular weight excluding hydrogens is 735 g/mol. The third kappa shape index (κ3) is 4.90. The van der Waals surface area contributed by atoms with E-state index in [4.69, 9.17) is 0 Å². The molecule has 0 radical (unpaired) electrons. The summed E-state index contributed by atoms with van der Waals surface area (Å²) in [6, 6.07) is 69.5. The van der Waals surface area contributed by atoms with Crippen LogP contribution in [0.2, 0.25) is 0 Å². The molecule has 0 aliphatic rings. The van der Waals surface area contributed by atoms with Gasteiger partial charge in [-0.25, -0.2) is 0 Å². The van der Waals surface area contributed by atoms with E-state index in [1.165, 1.54) is 99.2 Å². The van der Waals surface area contributed by atoms with Gasteiger partial charge in [0.2, 0.25) is 0 Å². The topological polar surface area (TPSA) is 3.24 Å². The normalized spacial score (nSPS) is 11.9. The molecule has 9 aromatic carbocycles. The molecule has 0 spiro atoms. The first-order chi connectivity index (χ1) is 27.8. The number of benzene rings is 9. The highest BCUT2D eigenvalue weighted by molar-refractivity contribution is 7.30. The third-order valence-electron chi connectivity index (χ3n) is 11.3. The molecule has 12 rings (SSSR count). The van der Waals surface area contributed by atoms with E-state index in [2.05, 4.69) is 193 Å². The SMILES string of the molecule is c1cc(-c2cccc3sc4ccc5c6ccccc6sc5c4c23)cc(N(c2ccc(-c3cccc4ccccc34)cc2)c2cccc3c2sc2ccccc23)c1. The lowest BCUT2D eigenvalue weighted by molar-refractivity contribution is 1.30. The monoisotopic (exact) mass is 765 g/mol. The quantitative estimate of drug-likeness (QED) is 0.169. The summed E-state index contributed by atoms with van der Waals surface area (Å²) in [5.74, 6) is 0. The Labute approximate surface area is 335 Å². The van der Waals surface area contributed by atoms with Crippen LogP contribution in [0, 0.1) is 0 Å². The molecule has 0 saturated heterocycles. The van der Waals surface area contributed by atoms with E-state index in [9.17, 15) is 0 Å². The lowest BCUT2D eigenvalue weighted by atomic mass is 9.97. The van der Waals surface area contributed by atoms with Crippen LogP contribution in [0.5, 0.6) is 0 Å². The predicted molar refractivity (Wildman–Crippen MR) is 248 cm³/mol. The van der Waals surface area contributed by atoms with Gasteiger partial charge < -0.3 is 4.90 Å². The minimum atomic E-state index is 1.13. The summed E-state index contributed by atoms with van der Waals surface area (Å²) >= 11 is 5.70. The number of fused-ring (bicyclic) bond motifs is 11. The summed E-state index contributed by atoms with van der Waals surface area (Å²) < 4.78 is 7.97. The van der Waals surface area contributed by atoms with Gasteiger partial charge in [-0.05, 0) is 87.6 Å². The number of hydrogen-bond donors (Lipinski definition) is 0. The maximum Gasteiger partial charge on any atom is 0.0640 e. The fourth-order valence-corrected chi connectivity index (χ4v) is 12.4. The highest BCUT2D eigenvalue weighted by atomic mass is 32.1. The van der Waals surface area contributed by atoms with Crippen LogP contribution in [0.4, 0.5) is 17.1 Å². The minimum absolute atomic E-state index is 1.13. The lowest BCUT2D eigenvalue weighted by Crippen LogP contribution is -2.10. The second-order valence-electron chi connectivity index (χ2n) is 14.4. The zero-order valence-corrected chi connectivity index (χ0v) is 32.5. The zero-order valence-electron chi connectivity index (χ0n) is 30.1. The van der Waals surface area contributed by atoms with Crippen LogP contribution in [-0.4, -0.2) is 0 Å². The minimum Gasteiger partial charge on any atom is -0.309 e. The Kier molecular flexibility index (Phi) is 7.21. The highest BCUT2D eigenvalue weighted by Crippen LogP contribution is 2.49.